The molecule has 0 radical (unpaired) electrons. The maximum atomic E-state index is 11.2. The van der Waals surface area contributed by atoms with Crippen molar-refractivity contribution in [1.29, 1.82) is 0 Å². The van der Waals surface area contributed by atoms with Crippen LogP contribution in [0.5, 0.6) is 0 Å². The second-order valence-electron chi connectivity index (χ2n) is 3.47. The molecular formula is C9H17NO3S. The number of hydrogen-bond acceptors (Lipinski definition) is 5. The van der Waals surface area contributed by atoms with Gasteiger partial charge in [0.2, 0.25) is 0 Å². The van der Waals surface area contributed by atoms with Crippen molar-refractivity contribution in [2.24, 2.45) is 11.7 Å². The third-order valence-corrected chi connectivity index (χ3v) is 2.70. The average Bonchev–Trinajstić information content (AvgIpc) is 2.26. The quantitative estimate of drug-likeness (QED) is 0.524. The first-order valence-electron chi connectivity index (χ1n) is 4.85. The number of esters is 1. The Labute approximate surface area is 89.5 Å². The van der Waals surface area contributed by atoms with E-state index >= 15 is 0 Å². The predicted molar refractivity (Wildman–Crippen MR) is 56.3 cm³/mol. The van der Waals surface area contributed by atoms with Gasteiger partial charge in [-0.05, 0) is 18.8 Å². The topological polar surface area (TPSA) is 61.6 Å². The lowest BCUT2D eigenvalue weighted by atomic mass is 10.0. The molecule has 0 unspecified atom stereocenters. The van der Waals surface area contributed by atoms with Gasteiger partial charge in [-0.1, -0.05) is 0 Å². The molecule has 1 fully saturated rings. The maximum absolute atomic E-state index is 11.2. The standard InChI is InChI=1S/C9H17NO3S/c10-8(6-14)9(11)13-5-7-1-3-12-4-2-7/h7-8,14H,1-6,10H2/t8-/m1/s1. The van der Waals surface area contributed by atoms with E-state index in [-0.39, 0.29) is 5.97 Å². The van der Waals surface area contributed by atoms with Crippen molar-refractivity contribution in [3.8, 4) is 0 Å². The molecule has 1 aliphatic heterocycles. The molecular weight excluding hydrogens is 202 g/mol. The van der Waals surface area contributed by atoms with E-state index in [1.807, 2.05) is 0 Å². The van der Waals surface area contributed by atoms with Gasteiger partial charge >= 0.3 is 5.97 Å². The van der Waals surface area contributed by atoms with Crippen LogP contribution >= 0.6 is 12.6 Å². The Hall–Kier alpha value is -0.260. The summed E-state index contributed by atoms with van der Waals surface area (Å²) in [5, 5.41) is 0. The van der Waals surface area contributed by atoms with Gasteiger partial charge in [-0.2, -0.15) is 12.6 Å². The molecule has 1 aliphatic rings. The lowest BCUT2D eigenvalue weighted by molar-refractivity contribution is -0.146. The Balaban J connectivity index is 2.15. The van der Waals surface area contributed by atoms with Crippen LogP contribution in [0.3, 0.4) is 0 Å². The molecule has 0 saturated carbocycles. The number of hydrogen-bond donors (Lipinski definition) is 2. The summed E-state index contributed by atoms with van der Waals surface area (Å²) in [7, 11) is 0. The first-order chi connectivity index (χ1) is 6.74. The highest BCUT2D eigenvalue weighted by molar-refractivity contribution is 7.80. The molecule has 1 atom stereocenters. The van der Waals surface area contributed by atoms with Crippen molar-refractivity contribution in [2.75, 3.05) is 25.6 Å². The van der Waals surface area contributed by atoms with Gasteiger partial charge in [0.25, 0.3) is 0 Å². The van der Waals surface area contributed by atoms with Gasteiger partial charge in [0.05, 0.1) is 6.61 Å². The van der Waals surface area contributed by atoms with E-state index in [1.54, 1.807) is 0 Å². The molecule has 14 heavy (non-hydrogen) atoms. The molecule has 5 heteroatoms. The molecule has 1 rings (SSSR count). The fraction of sp³-hybridized carbons (Fsp3) is 0.889. The van der Waals surface area contributed by atoms with Crippen LogP contribution in [0.2, 0.25) is 0 Å². The Morgan fingerprint density at radius 3 is 2.79 bits per heavy atom. The SMILES string of the molecule is N[C@H](CS)C(=O)OCC1CCOCC1. The van der Waals surface area contributed by atoms with Gasteiger partial charge < -0.3 is 15.2 Å². The zero-order valence-electron chi connectivity index (χ0n) is 8.15. The summed E-state index contributed by atoms with van der Waals surface area (Å²) in [5.74, 6) is 0.401. The fourth-order valence-electron chi connectivity index (χ4n) is 1.29. The summed E-state index contributed by atoms with van der Waals surface area (Å²) in [6, 6.07) is -0.599. The molecule has 4 nitrogen and oxygen atoms in total. The van der Waals surface area contributed by atoms with Crippen molar-refractivity contribution >= 4 is 18.6 Å². The summed E-state index contributed by atoms with van der Waals surface area (Å²) < 4.78 is 10.3. The van der Waals surface area contributed by atoms with Gasteiger partial charge in [0.1, 0.15) is 6.04 Å². The summed E-state index contributed by atoms with van der Waals surface area (Å²) in [5.41, 5.74) is 5.46. The molecule has 1 saturated heterocycles. The highest BCUT2D eigenvalue weighted by Crippen LogP contribution is 2.14. The Kier molecular flexibility index (Phi) is 5.29. The third kappa shape index (κ3) is 3.86. The molecule has 82 valence electrons. The number of carbonyl (C=O) groups excluding carboxylic acids is 1. The van der Waals surface area contributed by atoms with E-state index in [9.17, 15) is 4.79 Å². The highest BCUT2D eigenvalue weighted by atomic mass is 32.1. The zero-order valence-corrected chi connectivity index (χ0v) is 9.04. The van der Waals surface area contributed by atoms with Crippen LogP contribution in [0.1, 0.15) is 12.8 Å². The van der Waals surface area contributed by atoms with Crippen molar-refractivity contribution in [3.05, 3.63) is 0 Å². The Bertz CT molecular complexity index is 183. The van der Waals surface area contributed by atoms with Gasteiger partial charge in [0.15, 0.2) is 0 Å². The van der Waals surface area contributed by atoms with E-state index in [1.165, 1.54) is 0 Å². The molecule has 0 bridgehead atoms. The van der Waals surface area contributed by atoms with Crippen LogP contribution in [-0.2, 0) is 14.3 Å². The second-order valence-corrected chi connectivity index (χ2v) is 3.84. The number of rotatable bonds is 4. The van der Waals surface area contributed by atoms with E-state index in [0.717, 1.165) is 26.1 Å². The molecule has 0 amide bonds. The number of thiol groups is 1. The minimum absolute atomic E-state index is 0.326. The minimum Gasteiger partial charge on any atom is -0.464 e. The van der Waals surface area contributed by atoms with Crippen molar-refractivity contribution in [2.45, 2.75) is 18.9 Å². The molecule has 2 N–H and O–H groups in total. The summed E-state index contributed by atoms with van der Waals surface area (Å²) in [6.45, 7) is 1.99. The monoisotopic (exact) mass is 219 g/mol. The fourth-order valence-corrected chi connectivity index (χ4v) is 1.44. The van der Waals surface area contributed by atoms with E-state index in [4.69, 9.17) is 15.2 Å². The lowest BCUT2D eigenvalue weighted by Gasteiger charge is -2.22. The smallest absolute Gasteiger partial charge is 0.323 e. The van der Waals surface area contributed by atoms with Gasteiger partial charge in [-0.3, -0.25) is 4.79 Å². The normalized spacial score (nSPS) is 20.4. The second kappa shape index (κ2) is 6.27. The van der Waals surface area contributed by atoms with Crippen LogP contribution in [0.25, 0.3) is 0 Å². The van der Waals surface area contributed by atoms with E-state index in [0.29, 0.717) is 18.3 Å². The van der Waals surface area contributed by atoms with Crippen LogP contribution in [0, 0.1) is 5.92 Å². The number of carbonyl (C=O) groups is 1. The van der Waals surface area contributed by atoms with Gasteiger partial charge in [-0.25, -0.2) is 0 Å². The zero-order chi connectivity index (χ0) is 10.4. The van der Waals surface area contributed by atoms with Crippen LogP contribution in [-0.4, -0.2) is 37.6 Å². The highest BCUT2D eigenvalue weighted by Gasteiger charge is 2.18. The van der Waals surface area contributed by atoms with Crippen LogP contribution in [0.15, 0.2) is 0 Å². The first-order valence-corrected chi connectivity index (χ1v) is 5.48. The van der Waals surface area contributed by atoms with Gasteiger partial charge in [-0.15, -0.1) is 0 Å². The van der Waals surface area contributed by atoms with E-state index in [2.05, 4.69) is 12.6 Å². The molecule has 0 aromatic heterocycles. The molecule has 0 aromatic carbocycles. The molecule has 0 aromatic rings. The Morgan fingerprint density at radius 2 is 2.21 bits per heavy atom. The largest absolute Gasteiger partial charge is 0.464 e. The summed E-state index contributed by atoms with van der Waals surface area (Å²) >= 11 is 3.93. The van der Waals surface area contributed by atoms with Crippen molar-refractivity contribution in [3.63, 3.8) is 0 Å². The van der Waals surface area contributed by atoms with Gasteiger partial charge in [0, 0.05) is 19.0 Å². The van der Waals surface area contributed by atoms with Crippen LogP contribution in [0.4, 0.5) is 0 Å². The Morgan fingerprint density at radius 1 is 1.57 bits per heavy atom. The number of nitrogens with two attached hydrogens (primary N) is 1. The molecule has 0 spiro atoms. The summed E-state index contributed by atoms with van der Waals surface area (Å²) in [6.07, 6.45) is 1.92. The molecule has 0 aliphatic carbocycles. The van der Waals surface area contributed by atoms with E-state index < -0.39 is 6.04 Å². The molecule has 1 heterocycles. The third-order valence-electron chi connectivity index (χ3n) is 2.30. The average molecular weight is 219 g/mol. The lowest BCUT2D eigenvalue weighted by Crippen LogP contribution is -2.35. The van der Waals surface area contributed by atoms with Crippen LogP contribution < -0.4 is 5.73 Å². The number of ether oxygens (including phenoxy) is 2. The minimum atomic E-state index is -0.599. The summed E-state index contributed by atoms with van der Waals surface area (Å²) in [4.78, 5) is 11.2. The van der Waals surface area contributed by atoms with Crippen molar-refractivity contribution in [1.82, 2.24) is 0 Å². The van der Waals surface area contributed by atoms with Crippen molar-refractivity contribution < 1.29 is 14.3 Å². The first kappa shape index (κ1) is 11.8. The predicted octanol–water partition coefficient (Wildman–Crippen LogP) is 0.213. The maximum Gasteiger partial charge on any atom is 0.323 e.